The number of phenolic OH excluding ortho intramolecular Hbond substituents is 1. The number of fused-ring (bicyclic) bond motifs is 1. The molecule has 1 aliphatic rings. The van der Waals surface area contributed by atoms with Crippen molar-refractivity contribution in [2.24, 2.45) is 0 Å². The molecule has 14 nitrogen and oxygen atoms in total. The average molecular weight is 548 g/mol. The fraction of sp³-hybridized carbons (Fsp3) is 0.320. The zero-order chi connectivity index (χ0) is 28.5. The SMILES string of the molecule is O=C(O)[C@H](O)C(=O)OC[C@@H]1O[C@H](Oc2ccc3c(=O)c(-c4ccc(O)cc4)coc3c2)[C@@H](O)[C@@](O)(CO)[C@H]1O. The summed E-state index contributed by atoms with van der Waals surface area (Å²) in [4.78, 5) is 35.4. The zero-order valence-electron chi connectivity index (χ0n) is 19.9. The van der Waals surface area contributed by atoms with Gasteiger partial charge in [0.1, 0.15) is 53.9 Å². The lowest BCUT2D eigenvalue weighted by Gasteiger charge is -2.46. The van der Waals surface area contributed by atoms with Crippen molar-refractivity contribution in [1.29, 1.82) is 0 Å². The fourth-order valence-electron chi connectivity index (χ4n) is 3.96. The number of hydrogen-bond acceptors (Lipinski definition) is 13. The van der Waals surface area contributed by atoms with Gasteiger partial charge in [0.2, 0.25) is 12.4 Å². The number of benzene rings is 2. The highest BCUT2D eigenvalue weighted by atomic mass is 16.7. The predicted molar refractivity (Wildman–Crippen MR) is 128 cm³/mol. The van der Waals surface area contributed by atoms with Gasteiger partial charge < -0.3 is 54.4 Å². The first kappa shape index (κ1) is 28.0. The molecular formula is C25H24O14. The van der Waals surface area contributed by atoms with Gasteiger partial charge in [-0.3, -0.25) is 4.79 Å². The number of phenols is 1. The van der Waals surface area contributed by atoms with Gasteiger partial charge in [-0.2, -0.15) is 0 Å². The maximum atomic E-state index is 13.0. The van der Waals surface area contributed by atoms with Crippen LogP contribution in [-0.4, -0.2) is 97.2 Å². The van der Waals surface area contributed by atoms with Crippen LogP contribution in [0.2, 0.25) is 0 Å². The number of hydrogen-bond donors (Lipinski definition) is 7. The summed E-state index contributed by atoms with van der Waals surface area (Å²) in [7, 11) is 0. The number of aromatic hydroxyl groups is 1. The van der Waals surface area contributed by atoms with E-state index in [-0.39, 0.29) is 33.5 Å². The number of aliphatic hydroxyl groups is 5. The summed E-state index contributed by atoms with van der Waals surface area (Å²) in [6, 6.07) is 9.90. The summed E-state index contributed by atoms with van der Waals surface area (Å²) in [5, 5.41) is 68.9. The van der Waals surface area contributed by atoms with Crippen molar-refractivity contribution in [3.63, 3.8) is 0 Å². The molecule has 1 aliphatic heterocycles. The summed E-state index contributed by atoms with van der Waals surface area (Å²) in [6.07, 6.45) is -8.76. The van der Waals surface area contributed by atoms with E-state index in [9.17, 15) is 45.0 Å². The third kappa shape index (κ3) is 5.42. The molecule has 0 spiro atoms. The number of carboxylic acid groups (broad SMARTS) is 1. The minimum absolute atomic E-state index is 0.0247. The quantitative estimate of drug-likeness (QED) is 0.128. The van der Waals surface area contributed by atoms with Crippen LogP contribution in [0.1, 0.15) is 0 Å². The summed E-state index contributed by atoms with van der Waals surface area (Å²) >= 11 is 0. The van der Waals surface area contributed by atoms with Gasteiger partial charge in [0.05, 0.1) is 17.6 Å². The molecule has 14 heteroatoms. The van der Waals surface area contributed by atoms with Crippen LogP contribution >= 0.6 is 0 Å². The van der Waals surface area contributed by atoms with Crippen molar-refractivity contribution in [2.75, 3.05) is 13.2 Å². The first-order valence-corrected chi connectivity index (χ1v) is 11.4. The van der Waals surface area contributed by atoms with E-state index >= 15 is 0 Å². The highest BCUT2D eigenvalue weighted by Crippen LogP contribution is 2.33. The predicted octanol–water partition coefficient (Wildman–Crippen LogP) is -1.30. The average Bonchev–Trinajstić information content (AvgIpc) is 2.92. The van der Waals surface area contributed by atoms with Crippen molar-refractivity contribution in [3.8, 4) is 22.6 Å². The van der Waals surface area contributed by atoms with Crippen LogP contribution in [0.3, 0.4) is 0 Å². The Kier molecular flexibility index (Phi) is 7.87. The van der Waals surface area contributed by atoms with Crippen LogP contribution in [0.4, 0.5) is 0 Å². The van der Waals surface area contributed by atoms with Crippen LogP contribution in [0.25, 0.3) is 22.1 Å². The molecule has 0 aliphatic carbocycles. The second-order valence-electron chi connectivity index (χ2n) is 8.75. The lowest BCUT2D eigenvalue weighted by Crippen LogP contribution is -2.69. The highest BCUT2D eigenvalue weighted by Gasteiger charge is 2.56. The van der Waals surface area contributed by atoms with Gasteiger partial charge in [-0.15, -0.1) is 0 Å². The molecule has 0 amide bonds. The molecule has 0 unspecified atom stereocenters. The van der Waals surface area contributed by atoms with E-state index in [4.69, 9.17) is 19.0 Å². The number of aliphatic hydroxyl groups excluding tert-OH is 4. The monoisotopic (exact) mass is 548 g/mol. The largest absolute Gasteiger partial charge is 0.508 e. The molecule has 3 aromatic rings. The maximum Gasteiger partial charge on any atom is 0.346 e. The Bertz CT molecular complexity index is 1420. The van der Waals surface area contributed by atoms with E-state index in [1.54, 1.807) is 12.1 Å². The van der Waals surface area contributed by atoms with Gasteiger partial charge in [-0.1, -0.05) is 12.1 Å². The summed E-state index contributed by atoms with van der Waals surface area (Å²) in [5.41, 5.74) is -2.18. The van der Waals surface area contributed by atoms with Gasteiger partial charge in [0.15, 0.2) is 5.43 Å². The fourth-order valence-corrected chi connectivity index (χ4v) is 3.96. The number of carboxylic acids is 1. The van der Waals surface area contributed by atoms with Crippen LogP contribution in [0.5, 0.6) is 11.5 Å². The van der Waals surface area contributed by atoms with E-state index in [1.165, 1.54) is 36.6 Å². The normalized spacial score (nSPS) is 25.7. The third-order valence-corrected chi connectivity index (χ3v) is 6.22. The number of carbonyl (C=O) groups is 2. The van der Waals surface area contributed by atoms with Crippen molar-refractivity contribution in [3.05, 3.63) is 59.0 Å². The molecule has 0 radical (unpaired) electrons. The molecule has 4 rings (SSSR count). The Morgan fingerprint density at radius 1 is 1.08 bits per heavy atom. The molecule has 6 atom stereocenters. The molecule has 1 saturated heterocycles. The molecule has 208 valence electrons. The van der Waals surface area contributed by atoms with Gasteiger partial charge >= 0.3 is 11.9 Å². The minimum Gasteiger partial charge on any atom is -0.508 e. The Morgan fingerprint density at radius 2 is 1.77 bits per heavy atom. The van der Waals surface area contributed by atoms with Crippen molar-refractivity contribution >= 4 is 22.9 Å². The molecule has 39 heavy (non-hydrogen) atoms. The molecule has 0 saturated carbocycles. The Balaban J connectivity index is 1.56. The number of ether oxygens (including phenoxy) is 3. The van der Waals surface area contributed by atoms with Gasteiger partial charge in [0.25, 0.3) is 0 Å². The second-order valence-corrected chi connectivity index (χ2v) is 8.75. The smallest absolute Gasteiger partial charge is 0.346 e. The number of esters is 1. The minimum atomic E-state index is -2.62. The number of rotatable bonds is 8. The van der Waals surface area contributed by atoms with Crippen molar-refractivity contribution < 1.29 is 64.0 Å². The molecule has 1 fully saturated rings. The Labute approximate surface area is 218 Å². The molecule has 1 aromatic heterocycles. The number of carbonyl (C=O) groups excluding carboxylic acids is 1. The van der Waals surface area contributed by atoms with E-state index in [2.05, 4.69) is 4.74 Å². The summed E-state index contributed by atoms with van der Waals surface area (Å²) in [6.45, 7) is -2.06. The topological polar surface area (TPSA) is 234 Å². The van der Waals surface area contributed by atoms with Crippen molar-refractivity contribution in [2.45, 2.75) is 36.3 Å². The standard InChI is InChI=1S/C25H24O14/c26-10-25(35)20(30)17(9-37-23(34)19(29)22(32)33)39-24(21(25)31)38-13-5-6-14-16(7-13)36-8-15(18(14)28)11-1-3-12(27)4-2-11/h1-8,17,19-21,24,26-27,29-31,35H,9-10H2,(H,32,33)/t17-,19-,20-,21+,24-,25+/m0/s1. The maximum absolute atomic E-state index is 13.0. The van der Waals surface area contributed by atoms with E-state index in [1.807, 2.05) is 0 Å². The van der Waals surface area contributed by atoms with Gasteiger partial charge in [-0.05, 0) is 29.8 Å². The van der Waals surface area contributed by atoms with Crippen LogP contribution < -0.4 is 10.2 Å². The first-order valence-electron chi connectivity index (χ1n) is 11.4. The lowest BCUT2D eigenvalue weighted by molar-refractivity contribution is -0.320. The Morgan fingerprint density at radius 3 is 2.41 bits per heavy atom. The Hall–Kier alpha value is -4.05. The van der Waals surface area contributed by atoms with Crippen LogP contribution in [0.15, 0.2) is 57.9 Å². The summed E-state index contributed by atoms with van der Waals surface area (Å²) in [5.74, 6) is -3.46. The lowest BCUT2D eigenvalue weighted by atomic mass is 9.85. The summed E-state index contributed by atoms with van der Waals surface area (Å²) < 4.78 is 21.2. The molecule has 2 aromatic carbocycles. The zero-order valence-corrected chi connectivity index (χ0v) is 19.9. The second kappa shape index (κ2) is 11.0. The van der Waals surface area contributed by atoms with Crippen molar-refractivity contribution in [1.82, 2.24) is 0 Å². The van der Waals surface area contributed by atoms with E-state index in [0.717, 1.165) is 0 Å². The molecular weight excluding hydrogens is 524 g/mol. The highest BCUT2D eigenvalue weighted by molar-refractivity contribution is 5.96. The number of aliphatic carboxylic acids is 1. The molecule has 7 N–H and O–H groups in total. The van der Waals surface area contributed by atoms with Gasteiger partial charge in [0, 0.05) is 6.07 Å². The molecule has 2 heterocycles. The molecule has 0 bridgehead atoms. The van der Waals surface area contributed by atoms with Crippen LogP contribution in [-0.2, 0) is 19.1 Å². The van der Waals surface area contributed by atoms with E-state index < -0.39 is 61.5 Å². The first-order chi connectivity index (χ1) is 18.5. The third-order valence-electron chi connectivity index (χ3n) is 6.22. The van der Waals surface area contributed by atoms with Gasteiger partial charge in [-0.25, -0.2) is 9.59 Å². The van der Waals surface area contributed by atoms with E-state index in [0.29, 0.717) is 5.56 Å². The van der Waals surface area contributed by atoms with Crippen LogP contribution in [0, 0.1) is 0 Å².